The monoisotopic (exact) mass is 566 g/mol. The van der Waals surface area contributed by atoms with Crippen LogP contribution >= 0.6 is 0 Å². The molecule has 2 saturated carbocycles. The Morgan fingerprint density at radius 2 is 1.71 bits per heavy atom. The lowest BCUT2D eigenvalue weighted by atomic mass is 9.57. The van der Waals surface area contributed by atoms with Crippen LogP contribution < -0.4 is 10.6 Å². The normalized spacial score (nSPS) is 32.9. The van der Waals surface area contributed by atoms with Gasteiger partial charge in [0.2, 0.25) is 5.78 Å². The first-order valence-corrected chi connectivity index (χ1v) is 14.2. The maximum absolute atomic E-state index is 14.1. The first-order valence-electron chi connectivity index (χ1n) is 14.2. The summed E-state index contributed by atoms with van der Waals surface area (Å²) in [6.07, 6.45) is 2.82. The van der Waals surface area contributed by atoms with Gasteiger partial charge in [-0.2, -0.15) is 0 Å². The molecule has 0 spiro atoms. The topological polar surface area (TPSA) is 168 Å². The number of phenols is 1. The number of carbonyl (C=O) groups is 3. The highest BCUT2D eigenvalue weighted by Crippen LogP contribution is 2.54. The largest absolute Gasteiger partial charge is 0.508 e. The minimum Gasteiger partial charge on any atom is -0.508 e. The second kappa shape index (κ2) is 9.30. The van der Waals surface area contributed by atoms with E-state index in [1.165, 1.54) is 17.7 Å². The number of nitrogens with zero attached hydrogens (tertiary/aromatic N) is 3. The molecule has 11 heteroatoms. The fourth-order valence-corrected chi connectivity index (χ4v) is 8.21. The number of piperidine rings is 2. The Labute approximate surface area is 238 Å². The molecule has 2 saturated heterocycles. The minimum absolute atomic E-state index is 0.0672. The third-order valence-corrected chi connectivity index (χ3v) is 10.0. The zero-order valence-electron chi connectivity index (χ0n) is 23.8. The van der Waals surface area contributed by atoms with E-state index in [-0.39, 0.29) is 29.7 Å². The van der Waals surface area contributed by atoms with Gasteiger partial charge in [-0.3, -0.25) is 24.2 Å². The van der Waals surface area contributed by atoms with E-state index in [0.29, 0.717) is 29.5 Å². The molecule has 4 atom stereocenters. The summed E-state index contributed by atoms with van der Waals surface area (Å²) < 4.78 is 0. The lowest BCUT2D eigenvalue weighted by molar-refractivity contribution is -0.153. The van der Waals surface area contributed by atoms with Crippen molar-refractivity contribution < 1.29 is 34.8 Å². The number of amides is 1. The summed E-state index contributed by atoms with van der Waals surface area (Å²) in [6, 6.07) is 0.834. The molecule has 41 heavy (non-hydrogen) atoms. The molecule has 0 radical (unpaired) electrons. The molecule has 7 rings (SSSR count). The number of aliphatic hydroxyl groups is 3. The quantitative estimate of drug-likeness (QED) is 0.323. The van der Waals surface area contributed by atoms with Crippen LogP contribution in [0.25, 0.3) is 5.76 Å². The Morgan fingerprint density at radius 3 is 2.27 bits per heavy atom. The average molecular weight is 567 g/mol. The van der Waals surface area contributed by atoms with E-state index in [4.69, 9.17) is 5.73 Å². The molecule has 1 aromatic carbocycles. The standard InChI is InChI=1S/C30H38N4O7/c1-32(2)19-9-16(12-34-10-13-5-14(6-13)11-34)24(35)21-17(19)7-15-8-18-23(33(3)4)26(37)22(29(31)40)28(39)30(18,41)27(38)20(15)25(21)36/h9,13-15,18,23,35-36,39,41H,5-8,10-12H2,1-4H3,(H2,31,40)/t13?,14?,15-,18-,23-,30-/m0/s1. The maximum Gasteiger partial charge on any atom is 0.255 e. The Hall–Kier alpha value is -3.41. The summed E-state index contributed by atoms with van der Waals surface area (Å²) in [6.45, 7) is 2.40. The van der Waals surface area contributed by atoms with Crippen molar-refractivity contribution in [1.82, 2.24) is 9.80 Å². The lowest BCUT2D eigenvalue weighted by Crippen LogP contribution is -2.65. The number of phenolic OH excluding ortho intramolecular Hbond substituents is 1. The van der Waals surface area contributed by atoms with E-state index in [2.05, 4.69) is 4.90 Å². The van der Waals surface area contributed by atoms with Gasteiger partial charge < -0.3 is 31.1 Å². The molecule has 6 aliphatic rings. The first kappa shape index (κ1) is 27.7. The lowest BCUT2D eigenvalue weighted by Gasteiger charge is -2.50. The molecule has 4 fully saturated rings. The SMILES string of the molecule is CN(C)c1cc(CN2CC3CC(C3)C2)c(O)c2c1C[C@H]1C[C@H]3[C@H](N(C)C)C(=O)C(C(N)=O)=C(O)[C@@]3(O)C(=O)C1=C2O. The number of aliphatic hydroxyl groups excluding tert-OH is 2. The van der Waals surface area contributed by atoms with Gasteiger partial charge in [-0.1, -0.05) is 0 Å². The number of hydrogen-bond acceptors (Lipinski definition) is 10. The van der Waals surface area contributed by atoms with Crippen molar-refractivity contribution in [2.45, 2.75) is 43.9 Å². The summed E-state index contributed by atoms with van der Waals surface area (Å²) in [5, 5.41) is 46.1. The van der Waals surface area contributed by atoms with Gasteiger partial charge >= 0.3 is 0 Å². The number of benzene rings is 1. The molecule has 6 N–H and O–H groups in total. The molecule has 0 aromatic heterocycles. The molecule has 2 bridgehead atoms. The molecule has 2 aliphatic heterocycles. The van der Waals surface area contributed by atoms with E-state index in [1.807, 2.05) is 25.1 Å². The predicted molar refractivity (Wildman–Crippen MR) is 150 cm³/mol. The molecular formula is C30H38N4O7. The highest BCUT2D eigenvalue weighted by molar-refractivity contribution is 6.24. The molecule has 4 aliphatic carbocycles. The van der Waals surface area contributed by atoms with Crippen LogP contribution in [0, 0.1) is 23.7 Å². The molecule has 11 nitrogen and oxygen atoms in total. The Kier molecular flexibility index (Phi) is 6.29. The van der Waals surface area contributed by atoms with Crippen molar-refractivity contribution in [3.8, 4) is 5.75 Å². The fourth-order valence-electron chi connectivity index (χ4n) is 8.21. The van der Waals surface area contributed by atoms with Crippen LogP contribution in [0.2, 0.25) is 0 Å². The van der Waals surface area contributed by atoms with E-state index < -0.39 is 58.0 Å². The van der Waals surface area contributed by atoms with Gasteiger partial charge in [0.05, 0.1) is 11.6 Å². The van der Waals surface area contributed by atoms with Gasteiger partial charge in [0.1, 0.15) is 22.8 Å². The summed E-state index contributed by atoms with van der Waals surface area (Å²) >= 11 is 0. The van der Waals surface area contributed by atoms with Crippen LogP contribution in [-0.2, 0) is 27.3 Å². The molecule has 220 valence electrons. The zero-order chi connectivity index (χ0) is 29.7. The van der Waals surface area contributed by atoms with Crippen molar-refractivity contribution in [2.24, 2.45) is 29.4 Å². The van der Waals surface area contributed by atoms with Crippen LogP contribution in [0.5, 0.6) is 5.75 Å². The maximum atomic E-state index is 14.1. The Morgan fingerprint density at radius 1 is 1.07 bits per heavy atom. The average Bonchev–Trinajstić information content (AvgIpc) is 2.86. The number of hydrogen-bond donors (Lipinski definition) is 5. The number of likely N-dealkylation sites (N-methyl/N-ethyl adjacent to an activating group) is 1. The minimum atomic E-state index is -2.64. The number of anilines is 1. The molecule has 1 aromatic rings. The van der Waals surface area contributed by atoms with Crippen LogP contribution in [0.4, 0.5) is 5.69 Å². The van der Waals surface area contributed by atoms with Crippen LogP contribution in [0.3, 0.4) is 0 Å². The molecule has 2 heterocycles. The van der Waals surface area contributed by atoms with Gasteiger partial charge in [-0.15, -0.1) is 0 Å². The van der Waals surface area contributed by atoms with Crippen LogP contribution in [0.15, 0.2) is 23.0 Å². The second-order valence-corrected chi connectivity index (χ2v) is 13.0. The van der Waals surface area contributed by atoms with E-state index in [9.17, 15) is 34.8 Å². The molecular weight excluding hydrogens is 528 g/mol. The summed E-state index contributed by atoms with van der Waals surface area (Å²) in [5.41, 5.74) is 4.07. The zero-order valence-corrected chi connectivity index (χ0v) is 23.8. The van der Waals surface area contributed by atoms with Crippen molar-refractivity contribution in [1.29, 1.82) is 0 Å². The van der Waals surface area contributed by atoms with E-state index >= 15 is 0 Å². The smallest absolute Gasteiger partial charge is 0.255 e. The van der Waals surface area contributed by atoms with Gasteiger partial charge in [0.25, 0.3) is 5.91 Å². The third-order valence-electron chi connectivity index (χ3n) is 10.0. The number of rotatable bonds is 5. The Balaban J connectivity index is 1.49. The first-order chi connectivity index (χ1) is 19.2. The number of Topliss-reactive ketones (excluding diaryl/α,β-unsaturated/α-hetero) is 2. The van der Waals surface area contributed by atoms with Crippen molar-refractivity contribution in [3.63, 3.8) is 0 Å². The third kappa shape index (κ3) is 3.85. The van der Waals surface area contributed by atoms with Gasteiger partial charge in [-0.25, -0.2) is 0 Å². The molecule has 0 unspecified atom stereocenters. The summed E-state index contributed by atoms with van der Waals surface area (Å²) in [5.74, 6) is -5.00. The van der Waals surface area contributed by atoms with Gasteiger partial charge in [0.15, 0.2) is 11.4 Å². The predicted octanol–water partition coefficient (Wildman–Crippen LogP) is 0.872. The van der Waals surface area contributed by atoms with E-state index in [1.54, 1.807) is 14.1 Å². The van der Waals surface area contributed by atoms with Crippen LogP contribution in [-0.4, -0.2) is 101 Å². The summed E-state index contributed by atoms with van der Waals surface area (Å²) in [4.78, 5) is 45.3. The van der Waals surface area contributed by atoms with Gasteiger partial charge in [0, 0.05) is 56.5 Å². The second-order valence-electron chi connectivity index (χ2n) is 13.0. The highest BCUT2D eigenvalue weighted by atomic mass is 16.3. The van der Waals surface area contributed by atoms with Crippen molar-refractivity contribution >= 4 is 28.9 Å². The van der Waals surface area contributed by atoms with E-state index in [0.717, 1.165) is 18.8 Å². The molecule has 1 amide bonds. The number of aromatic hydroxyl groups is 1. The number of fused-ring (bicyclic) bond motifs is 5. The Bertz CT molecular complexity index is 1430. The number of ketones is 2. The highest BCUT2D eigenvalue weighted by Gasteiger charge is 2.64. The van der Waals surface area contributed by atoms with Gasteiger partial charge in [-0.05, 0) is 69.2 Å². The number of primary amides is 1. The van der Waals surface area contributed by atoms with Crippen molar-refractivity contribution in [3.05, 3.63) is 39.7 Å². The number of carbonyl (C=O) groups excluding carboxylic acids is 3. The van der Waals surface area contributed by atoms with Crippen LogP contribution in [0.1, 0.15) is 36.0 Å². The summed E-state index contributed by atoms with van der Waals surface area (Å²) in [7, 11) is 6.93. The fraction of sp³-hybridized carbons (Fsp3) is 0.567. The number of nitrogens with two attached hydrogens (primary N) is 1. The van der Waals surface area contributed by atoms with Crippen molar-refractivity contribution in [2.75, 3.05) is 46.2 Å².